The summed E-state index contributed by atoms with van der Waals surface area (Å²) in [5.41, 5.74) is 0.108. The molecule has 2 N–H and O–H groups in total. The maximum absolute atomic E-state index is 13.2. The number of anilines is 1. The van der Waals surface area contributed by atoms with Gasteiger partial charge in [0, 0.05) is 29.4 Å². The fraction of sp³-hybridized carbons (Fsp3) is 0.0909. The highest BCUT2D eigenvalue weighted by atomic mass is 35.5. The van der Waals surface area contributed by atoms with Gasteiger partial charge in [0.25, 0.3) is 0 Å². The number of alkyl halides is 3. The lowest BCUT2D eigenvalue weighted by Gasteiger charge is -2.23. The molecule has 0 aliphatic heterocycles. The fourth-order valence-corrected chi connectivity index (χ4v) is 3.85. The molecule has 0 radical (unpaired) electrons. The average Bonchev–Trinajstić information content (AvgIpc) is 2.74. The third-order valence-corrected chi connectivity index (χ3v) is 5.85. The highest BCUT2D eigenvalue weighted by molar-refractivity contribution is 6.42. The summed E-state index contributed by atoms with van der Waals surface area (Å²) >= 11 is 18.0. The first kappa shape index (κ1) is 22.5. The van der Waals surface area contributed by atoms with Gasteiger partial charge in [-0.05, 0) is 23.8 Å². The van der Waals surface area contributed by atoms with Crippen LogP contribution in [0.15, 0.2) is 60.9 Å². The minimum atomic E-state index is -4.60. The molecule has 4 aromatic rings. The second kappa shape index (κ2) is 8.65. The maximum Gasteiger partial charge on any atom is 0.417 e. The van der Waals surface area contributed by atoms with Gasteiger partial charge < -0.3 is 10.4 Å². The zero-order chi connectivity index (χ0) is 23.0. The van der Waals surface area contributed by atoms with E-state index in [0.717, 1.165) is 6.07 Å². The molecular weight excluding hydrogens is 486 g/mol. The van der Waals surface area contributed by atoms with Crippen LogP contribution >= 0.6 is 34.8 Å². The number of hydrogen-bond donors (Lipinski definition) is 2. The highest BCUT2D eigenvalue weighted by Crippen LogP contribution is 2.40. The number of pyridine rings is 2. The van der Waals surface area contributed by atoms with Gasteiger partial charge in [-0.2, -0.15) is 13.2 Å². The van der Waals surface area contributed by atoms with E-state index in [2.05, 4.69) is 15.3 Å². The zero-order valence-corrected chi connectivity index (χ0v) is 18.2. The fourth-order valence-electron chi connectivity index (χ4n) is 3.30. The van der Waals surface area contributed by atoms with E-state index in [1.807, 2.05) is 0 Å². The van der Waals surface area contributed by atoms with Crippen molar-refractivity contribution in [3.63, 3.8) is 0 Å². The molecule has 0 bridgehead atoms. The molecule has 2 aromatic heterocycles. The molecule has 0 amide bonds. The largest absolute Gasteiger partial charge is 0.505 e. The maximum atomic E-state index is 13.2. The summed E-state index contributed by atoms with van der Waals surface area (Å²) in [5, 5.41) is 14.7. The van der Waals surface area contributed by atoms with E-state index < -0.39 is 22.8 Å². The summed E-state index contributed by atoms with van der Waals surface area (Å²) in [7, 11) is 0. The molecule has 2 heterocycles. The van der Waals surface area contributed by atoms with Gasteiger partial charge in [-0.25, -0.2) is 4.98 Å². The molecule has 0 fully saturated rings. The number of aromatic hydroxyl groups is 1. The van der Waals surface area contributed by atoms with Crippen molar-refractivity contribution in [1.82, 2.24) is 9.97 Å². The summed E-state index contributed by atoms with van der Waals surface area (Å²) in [6.07, 6.45) is -1.73. The van der Waals surface area contributed by atoms with Crippen molar-refractivity contribution in [2.45, 2.75) is 12.2 Å². The van der Waals surface area contributed by atoms with Crippen molar-refractivity contribution in [2.24, 2.45) is 0 Å². The molecule has 0 aliphatic rings. The second-order valence-electron chi connectivity index (χ2n) is 6.88. The van der Waals surface area contributed by atoms with Crippen LogP contribution in [-0.4, -0.2) is 15.1 Å². The van der Waals surface area contributed by atoms with Gasteiger partial charge in [0.1, 0.15) is 17.1 Å². The summed E-state index contributed by atoms with van der Waals surface area (Å²) in [5.74, 6) is 0.164. The molecule has 1 atom stereocenters. The third-order valence-electron chi connectivity index (χ3n) is 4.82. The van der Waals surface area contributed by atoms with Crippen LogP contribution in [0.2, 0.25) is 15.1 Å². The number of aromatic nitrogens is 2. The number of phenolic OH excluding ortho intramolecular Hbond substituents is 1. The molecule has 32 heavy (non-hydrogen) atoms. The van der Waals surface area contributed by atoms with Gasteiger partial charge in [0.15, 0.2) is 0 Å². The van der Waals surface area contributed by atoms with E-state index in [9.17, 15) is 18.3 Å². The highest BCUT2D eigenvalue weighted by Gasteiger charge is 2.33. The summed E-state index contributed by atoms with van der Waals surface area (Å²) in [6, 6.07) is 10.9. The van der Waals surface area contributed by atoms with Crippen molar-refractivity contribution in [3.8, 4) is 5.75 Å². The molecule has 0 saturated heterocycles. The smallest absolute Gasteiger partial charge is 0.417 e. The quantitative estimate of drug-likeness (QED) is 0.306. The van der Waals surface area contributed by atoms with E-state index in [0.29, 0.717) is 27.8 Å². The first-order valence-corrected chi connectivity index (χ1v) is 10.3. The van der Waals surface area contributed by atoms with Crippen LogP contribution in [0.3, 0.4) is 0 Å². The van der Waals surface area contributed by atoms with Crippen LogP contribution in [0.5, 0.6) is 5.75 Å². The lowest BCUT2D eigenvalue weighted by atomic mass is 9.95. The van der Waals surface area contributed by atoms with Crippen molar-refractivity contribution >= 4 is 51.5 Å². The third kappa shape index (κ3) is 4.41. The van der Waals surface area contributed by atoms with Crippen LogP contribution in [0.1, 0.15) is 22.7 Å². The minimum absolute atomic E-state index is 0.128. The number of benzene rings is 2. The molecule has 2 aromatic carbocycles. The van der Waals surface area contributed by atoms with Crippen LogP contribution < -0.4 is 5.32 Å². The Balaban J connectivity index is 1.86. The van der Waals surface area contributed by atoms with Gasteiger partial charge in [-0.3, -0.25) is 4.98 Å². The van der Waals surface area contributed by atoms with Crippen molar-refractivity contribution in [3.05, 3.63) is 92.7 Å². The first-order valence-electron chi connectivity index (χ1n) is 9.16. The number of nitrogens with zero attached hydrogens (tertiary/aromatic N) is 2. The SMILES string of the molecule is Oc1c(C(Nc2cc(Cl)c(Cl)cn2)c2ccc(C(F)(F)F)c(Cl)c2)ccc2cccnc12. The number of rotatable bonds is 4. The van der Waals surface area contributed by atoms with Crippen molar-refractivity contribution < 1.29 is 18.3 Å². The Hall–Kier alpha value is -2.74. The Kier molecular flexibility index (Phi) is 6.07. The molecular formula is C22H13Cl3F3N3O. The standard InChI is InChI=1S/C22H13Cl3F3N3O/c23-15-8-12(4-6-14(15)22(26,27)28)19(31-18-9-16(24)17(25)10-30-18)13-5-3-11-2-1-7-29-20(11)21(13)32/h1-10,19,32H,(H,30,31). The Morgan fingerprint density at radius 2 is 1.69 bits per heavy atom. The zero-order valence-electron chi connectivity index (χ0n) is 16.0. The molecule has 10 heteroatoms. The monoisotopic (exact) mass is 497 g/mol. The van der Waals surface area contributed by atoms with Crippen molar-refractivity contribution in [2.75, 3.05) is 5.32 Å². The number of nitrogens with one attached hydrogen (secondary N) is 1. The van der Waals surface area contributed by atoms with Crippen LogP contribution in [0, 0.1) is 0 Å². The van der Waals surface area contributed by atoms with E-state index >= 15 is 0 Å². The lowest BCUT2D eigenvalue weighted by Crippen LogP contribution is -2.15. The molecule has 0 spiro atoms. The predicted molar refractivity (Wildman–Crippen MR) is 120 cm³/mol. The number of halogens is 6. The van der Waals surface area contributed by atoms with E-state index in [-0.39, 0.29) is 15.8 Å². The van der Waals surface area contributed by atoms with Crippen LogP contribution in [0.4, 0.5) is 19.0 Å². The Labute approximate surface area is 195 Å². The predicted octanol–water partition coefficient (Wildman–Crippen LogP) is 7.52. The Morgan fingerprint density at radius 3 is 2.38 bits per heavy atom. The topological polar surface area (TPSA) is 58.0 Å². The second-order valence-corrected chi connectivity index (χ2v) is 8.10. The summed E-state index contributed by atoms with van der Waals surface area (Å²) < 4.78 is 39.6. The average molecular weight is 499 g/mol. The number of hydrogen-bond acceptors (Lipinski definition) is 4. The van der Waals surface area contributed by atoms with E-state index in [4.69, 9.17) is 34.8 Å². The molecule has 1 unspecified atom stereocenters. The molecule has 164 valence electrons. The summed E-state index contributed by atoms with van der Waals surface area (Å²) in [6.45, 7) is 0. The van der Waals surface area contributed by atoms with Gasteiger partial charge >= 0.3 is 6.18 Å². The molecule has 0 saturated carbocycles. The van der Waals surface area contributed by atoms with Gasteiger partial charge in [-0.1, -0.05) is 59.1 Å². The molecule has 0 aliphatic carbocycles. The lowest BCUT2D eigenvalue weighted by molar-refractivity contribution is -0.137. The summed E-state index contributed by atoms with van der Waals surface area (Å²) in [4.78, 5) is 8.37. The normalized spacial score (nSPS) is 12.7. The number of phenols is 1. The Morgan fingerprint density at radius 1 is 0.906 bits per heavy atom. The van der Waals surface area contributed by atoms with Crippen LogP contribution in [-0.2, 0) is 6.18 Å². The van der Waals surface area contributed by atoms with E-state index in [1.54, 1.807) is 24.3 Å². The van der Waals surface area contributed by atoms with Crippen LogP contribution in [0.25, 0.3) is 10.9 Å². The Bertz CT molecular complexity index is 1310. The first-order chi connectivity index (χ1) is 15.1. The number of fused-ring (bicyclic) bond motifs is 1. The van der Waals surface area contributed by atoms with E-state index in [1.165, 1.54) is 30.6 Å². The molecule has 4 rings (SSSR count). The van der Waals surface area contributed by atoms with Crippen molar-refractivity contribution in [1.29, 1.82) is 0 Å². The minimum Gasteiger partial charge on any atom is -0.505 e. The van der Waals surface area contributed by atoms with Gasteiger partial charge in [0.05, 0.1) is 26.7 Å². The van der Waals surface area contributed by atoms with Gasteiger partial charge in [0.2, 0.25) is 0 Å². The molecule has 4 nitrogen and oxygen atoms in total. The van der Waals surface area contributed by atoms with Gasteiger partial charge in [-0.15, -0.1) is 0 Å².